The van der Waals surface area contributed by atoms with Crippen molar-refractivity contribution in [3.63, 3.8) is 0 Å². The maximum atomic E-state index is 4.39. The van der Waals surface area contributed by atoms with Crippen molar-refractivity contribution in [2.45, 2.75) is 39.7 Å². The molecular formula is C13H19N3. The number of nitrogens with one attached hydrogen (secondary N) is 1. The van der Waals surface area contributed by atoms with E-state index in [2.05, 4.69) is 34.0 Å². The van der Waals surface area contributed by atoms with Crippen molar-refractivity contribution >= 4 is 0 Å². The van der Waals surface area contributed by atoms with Gasteiger partial charge in [-0.2, -0.15) is 0 Å². The summed E-state index contributed by atoms with van der Waals surface area (Å²) in [6, 6.07) is 0.195. The molecule has 0 amide bonds. The molecule has 0 aliphatic heterocycles. The van der Waals surface area contributed by atoms with Gasteiger partial charge >= 0.3 is 0 Å². The molecule has 0 spiro atoms. The van der Waals surface area contributed by atoms with Crippen LogP contribution in [0.25, 0.3) is 0 Å². The van der Waals surface area contributed by atoms with Crippen LogP contribution in [0.4, 0.5) is 0 Å². The molecule has 0 aliphatic carbocycles. The molecule has 1 heterocycles. The first-order valence-electron chi connectivity index (χ1n) is 5.69. The Balaban J connectivity index is 2.72. The molecule has 0 fully saturated rings. The summed E-state index contributed by atoms with van der Waals surface area (Å²) in [7, 11) is 0. The van der Waals surface area contributed by atoms with Gasteiger partial charge < -0.3 is 5.32 Å². The zero-order chi connectivity index (χ0) is 11.8. The third-order valence-electron chi connectivity index (χ3n) is 2.28. The molecule has 1 aromatic heterocycles. The zero-order valence-corrected chi connectivity index (χ0v) is 10.2. The van der Waals surface area contributed by atoms with Crippen molar-refractivity contribution in [2.24, 2.45) is 0 Å². The van der Waals surface area contributed by atoms with Crippen LogP contribution >= 0.6 is 0 Å². The molecule has 0 radical (unpaired) electrons. The molecule has 1 aromatic rings. The van der Waals surface area contributed by atoms with Crippen LogP contribution in [-0.2, 0) is 0 Å². The minimum Gasteiger partial charge on any atom is -0.308 e. The van der Waals surface area contributed by atoms with Gasteiger partial charge in [0.1, 0.15) is 0 Å². The van der Waals surface area contributed by atoms with Crippen LogP contribution in [0.3, 0.4) is 0 Å². The molecule has 1 rings (SSSR count). The van der Waals surface area contributed by atoms with Crippen LogP contribution in [0.15, 0.2) is 12.4 Å². The summed E-state index contributed by atoms with van der Waals surface area (Å²) >= 11 is 0. The largest absolute Gasteiger partial charge is 0.308 e. The standard InChI is InChI=1S/C13H19N3/c1-4-6-7-12(14-8-5-2)13-10-15-11(3)9-16-13/h9-10,12,14H,5,7-8H2,1-3H3. The number of hydrogen-bond donors (Lipinski definition) is 1. The molecule has 3 heteroatoms. The van der Waals surface area contributed by atoms with Crippen LogP contribution in [0.2, 0.25) is 0 Å². The van der Waals surface area contributed by atoms with Gasteiger partial charge in [0.05, 0.1) is 23.6 Å². The van der Waals surface area contributed by atoms with Crippen LogP contribution in [-0.4, -0.2) is 16.5 Å². The predicted octanol–water partition coefficient (Wildman–Crippen LogP) is 2.24. The molecule has 86 valence electrons. The van der Waals surface area contributed by atoms with Crippen LogP contribution < -0.4 is 5.32 Å². The fraction of sp³-hybridized carbons (Fsp3) is 0.538. The lowest BCUT2D eigenvalue weighted by molar-refractivity contribution is 0.528. The lowest BCUT2D eigenvalue weighted by Crippen LogP contribution is -2.22. The van der Waals surface area contributed by atoms with E-state index in [0.29, 0.717) is 0 Å². The van der Waals surface area contributed by atoms with Gasteiger partial charge in [-0.25, -0.2) is 0 Å². The summed E-state index contributed by atoms with van der Waals surface area (Å²) in [6.45, 7) is 6.93. The SMILES string of the molecule is CC#CCC(NCCC)c1cnc(C)cn1. The predicted molar refractivity (Wildman–Crippen MR) is 65.9 cm³/mol. The normalized spacial score (nSPS) is 11.7. The Morgan fingerprint density at radius 3 is 2.75 bits per heavy atom. The van der Waals surface area contributed by atoms with Crippen LogP contribution in [0.5, 0.6) is 0 Å². The van der Waals surface area contributed by atoms with E-state index in [1.54, 1.807) is 6.20 Å². The van der Waals surface area contributed by atoms with Crippen molar-refractivity contribution in [3.8, 4) is 11.8 Å². The second kappa shape index (κ2) is 6.97. The van der Waals surface area contributed by atoms with Gasteiger partial charge in [-0.05, 0) is 26.8 Å². The Labute approximate surface area is 97.7 Å². The topological polar surface area (TPSA) is 37.8 Å². The third kappa shape index (κ3) is 4.00. The van der Waals surface area contributed by atoms with Gasteiger partial charge in [0, 0.05) is 12.6 Å². The molecule has 0 bridgehead atoms. The quantitative estimate of drug-likeness (QED) is 0.769. The summed E-state index contributed by atoms with van der Waals surface area (Å²) in [5.74, 6) is 6.01. The molecular weight excluding hydrogens is 198 g/mol. The second-order valence-electron chi connectivity index (χ2n) is 3.72. The molecule has 0 saturated carbocycles. The molecule has 1 N–H and O–H groups in total. The Bertz CT molecular complexity index is 359. The molecule has 0 saturated heterocycles. The van der Waals surface area contributed by atoms with Crippen LogP contribution in [0.1, 0.15) is 44.1 Å². The van der Waals surface area contributed by atoms with Crippen molar-refractivity contribution in [1.29, 1.82) is 0 Å². The Kier molecular flexibility index (Phi) is 5.52. The summed E-state index contributed by atoms with van der Waals surface area (Å²) in [5.41, 5.74) is 1.92. The average Bonchev–Trinajstić information content (AvgIpc) is 2.31. The number of aromatic nitrogens is 2. The average molecular weight is 217 g/mol. The highest BCUT2D eigenvalue weighted by Gasteiger charge is 2.10. The van der Waals surface area contributed by atoms with E-state index in [1.807, 2.05) is 20.0 Å². The molecule has 3 nitrogen and oxygen atoms in total. The number of nitrogens with zero attached hydrogens (tertiary/aromatic N) is 2. The highest BCUT2D eigenvalue weighted by molar-refractivity contribution is 5.10. The monoisotopic (exact) mass is 217 g/mol. The van der Waals surface area contributed by atoms with Crippen molar-refractivity contribution in [1.82, 2.24) is 15.3 Å². The molecule has 0 aliphatic rings. The van der Waals surface area contributed by atoms with E-state index in [4.69, 9.17) is 0 Å². The van der Waals surface area contributed by atoms with E-state index >= 15 is 0 Å². The van der Waals surface area contributed by atoms with E-state index in [9.17, 15) is 0 Å². The number of rotatable bonds is 5. The maximum Gasteiger partial charge on any atom is 0.0766 e. The van der Waals surface area contributed by atoms with Crippen molar-refractivity contribution in [3.05, 3.63) is 23.8 Å². The zero-order valence-electron chi connectivity index (χ0n) is 10.2. The van der Waals surface area contributed by atoms with Gasteiger partial charge in [0.2, 0.25) is 0 Å². The summed E-state index contributed by atoms with van der Waals surface area (Å²) < 4.78 is 0. The van der Waals surface area contributed by atoms with Gasteiger partial charge in [0.15, 0.2) is 0 Å². The van der Waals surface area contributed by atoms with E-state index in [0.717, 1.165) is 30.8 Å². The lowest BCUT2D eigenvalue weighted by atomic mass is 10.1. The van der Waals surface area contributed by atoms with E-state index < -0.39 is 0 Å². The van der Waals surface area contributed by atoms with Gasteiger partial charge in [-0.1, -0.05) is 6.92 Å². The fourth-order valence-corrected chi connectivity index (χ4v) is 1.39. The minimum atomic E-state index is 0.195. The van der Waals surface area contributed by atoms with Crippen LogP contribution in [0, 0.1) is 18.8 Å². The minimum absolute atomic E-state index is 0.195. The summed E-state index contributed by atoms with van der Waals surface area (Å²) in [4.78, 5) is 8.66. The molecule has 1 unspecified atom stereocenters. The Hall–Kier alpha value is -1.40. The van der Waals surface area contributed by atoms with Gasteiger partial charge in [-0.3, -0.25) is 9.97 Å². The number of hydrogen-bond acceptors (Lipinski definition) is 3. The molecule has 1 atom stereocenters. The number of aryl methyl sites for hydroxylation is 1. The van der Waals surface area contributed by atoms with Gasteiger partial charge in [-0.15, -0.1) is 11.8 Å². The third-order valence-corrected chi connectivity index (χ3v) is 2.28. The molecule has 0 aromatic carbocycles. The van der Waals surface area contributed by atoms with Crippen molar-refractivity contribution in [2.75, 3.05) is 6.54 Å². The van der Waals surface area contributed by atoms with E-state index in [-0.39, 0.29) is 6.04 Å². The Morgan fingerprint density at radius 2 is 2.19 bits per heavy atom. The fourth-order valence-electron chi connectivity index (χ4n) is 1.39. The first kappa shape index (κ1) is 12.7. The highest BCUT2D eigenvalue weighted by atomic mass is 14.9. The Morgan fingerprint density at radius 1 is 1.38 bits per heavy atom. The van der Waals surface area contributed by atoms with E-state index in [1.165, 1.54) is 0 Å². The summed E-state index contributed by atoms with van der Waals surface area (Å²) in [6.07, 6.45) is 5.53. The lowest BCUT2D eigenvalue weighted by Gasteiger charge is -2.14. The van der Waals surface area contributed by atoms with Gasteiger partial charge in [0.25, 0.3) is 0 Å². The highest BCUT2D eigenvalue weighted by Crippen LogP contribution is 2.12. The first-order valence-corrected chi connectivity index (χ1v) is 5.69. The smallest absolute Gasteiger partial charge is 0.0766 e. The first-order chi connectivity index (χ1) is 7.77. The van der Waals surface area contributed by atoms with Crippen molar-refractivity contribution < 1.29 is 0 Å². The summed E-state index contributed by atoms with van der Waals surface area (Å²) in [5, 5.41) is 3.43. The maximum absolute atomic E-state index is 4.39. The second-order valence-corrected chi connectivity index (χ2v) is 3.72. The molecule has 16 heavy (non-hydrogen) atoms.